The molecular weight excluding hydrogens is 310 g/mol. The van der Waals surface area contributed by atoms with E-state index < -0.39 is 0 Å². The molecule has 1 aliphatic heterocycles. The van der Waals surface area contributed by atoms with Gasteiger partial charge in [0.15, 0.2) is 10.4 Å². The van der Waals surface area contributed by atoms with Gasteiger partial charge in [0, 0.05) is 25.6 Å². The molecule has 3 heterocycles. The summed E-state index contributed by atoms with van der Waals surface area (Å²) < 4.78 is 8.67. The first kappa shape index (κ1) is 14.4. The third kappa shape index (κ3) is 2.55. The number of anilines is 1. The zero-order valence-corrected chi connectivity index (χ0v) is 13.8. The van der Waals surface area contributed by atoms with Crippen molar-refractivity contribution in [2.24, 2.45) is 0 Å². The number of oxazole rings is 1. The second kappa shape index (κ2) is 5.81. The molecule has 0 radical (unpaired) electrons. The maximum absolute atomic E-state index is 5.87. The van der Waals surface area contributed by atoms with Gasteiger partial charge in [0.2, 0.25) is 0 Å². The zero-order valence-electron chi connectivity index (χ0n) is 13.0. The van der Waals surface area contributed by atoms with Gasteiger partial charge in [0.1, 0.15) is 11.3 Å². The van der Waals surface area contributed by atoms with Crippen molar-refractivity contribution >= 4 is 29.3 Å². The number of hydrogen-bond donors (Lipinski definition) is 1. The summed E-state index contributed by atoms with van der Waals surface area (Å²) in [5.74, 6) is 1.51. The van der Waals surface area contributed by atoms with Gasteiger partial charge in [-0.3, -0.25) is 5.10 Å². The molecule has 0 atom stereocenters. The molecule has 1 aliphatic rings. The largest absolute Gasteiger partial charge is 0.423 e. The average Bonchev–Trinajstić information content (AvgIpc) is 3.18. The van der Waals surface area contributed by atoms with E-state index in [0.29, 0.717) is 10.7 Å². The van der Waals surface area contributed by atoms with Gasteiger partial charge in [0.25, 0.3) is 6.01 Å². The predicted molar refractivity (Wildman–Crippen MR) is 91.3 cm³/mol. The molecule has 120 valence electrons. The monoisotopic (exact) mass is 329 g/mol. The molecule has 2 aromatic heterocycles. The van der Waals surface area contributed by atoms with E-state index in [4.69, 9.17) is 16.6 Å². The molecule has 0 amide bonds. The van der Waals surface area contributed by atoms with E-state index in [1.54, 1.807) is 0 Å². The van der Waals surface area contributed by atoms with Gasteiger partial charge < -0.3 is 13.9 Å². The van der Waals surface area contributed by atoms with Crippen LogP contribution in [0.4, 0.5) is 6.01 Å². The van der Waals surface area contributed by atoms with Crippen LogP contribution in [-0.2, 0) is 6.54 Å². The van der Waals surface area contributed by atoms with E-state index in [9.17, 15) is 0 Å². The lowest BCUT2D eigenvalue weighted by atomic mass is 9.96. The maximum atomic E-state index is 5.87. The van der Waals surface area contributed by atoms with Crippen LogP contribution < -0.4 is 4.90 Å². The highest BCUT2D eigenvalue weighted by Crippen LogP contribution is 2.30. The fraction of sp³-hybridized carbons (Fsp3) is 0.438. The molecule has 1 fully saturated rings. The topological polar surface area (TPSA) is 62.9 Å². The molecule has 1 aromatic carbocycles. The van der Waals surface area contributed by atoms with Crippen molar-refractivity contribution in [2.45, 2.75) is 32.2 Å². The summed E-state index contributed by atoms with van der Waals surface area (Å²) in [7, 11) is 0. The summed E-state index contributed by atoms with van der Waals surface area (Å²) in [4.78, 5) is 6.80. The molecule has 0 unspecified atom stereocenters. The minimum atomic E-state index is 0.434. The number of para-hydroxylation sites is 2. The Balaban J connectivity index is 1.51. The Morgan fingerprint density at radius 3 is 2.83 bits per heavy atom. The van der Waals surface area contributed by atoms with Gasteiger partial charge in [-0.1, -0.05) is 12.1 Å². The molecule has 0 bridgehead atoms. The maximum Gasteiger partial charge on any atom is 0.298 e. The third-order valence-corrected chi connectivity index (χ3v) is 4.83. The Bertz CT molecular complexity index is 839. The Hall–Kier alpha value is -2.15. The summed E-state index contributed by atoms with van der Waals surface area (Å²) >= 11 is 5.29. The van der Waals surface area contributed by atoms with E-state index in [1.807, 2.05) is 24.3 Å². The fourth-order valence-corrected chi connectivity index (χ4v) is 3.54. The van der Waals surface area contributed by atoms with Gasteiger partial charge in [-0.25, -0.2) is 0 Å². The molecule has 7 heteroatoms. The van der Waals surface area contributed by atoms with Crippen molar-refractivity contribution in [3.8, 4) is 0 Å². The summed E-state index contributed by atoms with van der Waals surface area (Å²) in [6, 6.07) is 8.61. The van der Waals surface area contributed by atoms with Gasteiger partial charge in [-0.2, -0.15) is 10.1 Å². The number of nitrogens with zero attached hydrogens (tertiary/aromatic N) is 4. The summed E-state index contributed by atoms with van der Waals surface area (Å²) in [5.41, 5.74) is 1.76. The van der Waals surface area contributed by atoms with E-state index >= 15 is 0 Å². The van der Waals surface area contributed by atoms with Crippen LogP contribution in [0.3, 0.4) is 0 Å². The highest BCUT2D eigenvalue weighted by Gasteiger charge is 2.26. The SMILES string of the molecule is CCn1c(C2CCN(c3nc4ccccc4o3)CC2)n[nH]c1=S. The minimum Gasteiger partial charge on any atom is -0.423 e. The Morgan fingerprint density at radius 2 is 2.09 bits per heavy atom. The molecule has 0 aliphatic carbocycles. The highest BCUT2D eigenvalue weighted by atomic mass is 32.1. The molecule has 23 heavy (non-hydrogen) atoms. The van der Waals surface area contributed by atoms with Crippen LogP contribution in [0.15, 0.2) is 28.7 Å². The Kier molecular flexibility index (Phi) is 3.65. The van der Waals surface area contributed by atoms with Crippen LogP contribution >= 0.6 is 12.2 Å². The van der Waals surface area contributed by atoms with E-state index in [2.05, 4.69) is 31.6 Å². The molecule has 1 saturated heterocycles. The number of fused-ring (bicyclic) bond motifs is 1. The van der Waals surface area contributed by atoms with E-state index in [-0.39, 0.29) is 0 Å². The molecule has 6 nitrogen and oxygen atoms in total. The van der Waals surface area contributed by atoms with Crippen LogP contribution in [0.2, 0.25) is 0 Å². The molecular formula is C16H19N5OS. The van der Waals surface area contributed by atoms with Crippen LogP contribution in [-0.4, -0.2) is 32.8 Å². The van der Waals surface area contributed by atoms with Crippen LogP contribution in [0.5, 0.6) is 0 Å². The second-order valence-electron chi connectivity index (χ2n) is 5.86. The number of aromatic amines is 1. The molecule has 3 aromatic rings. The Labute approximate surface area is 139 Å². The lowest BCUT2D eigenvalue weighted by Crippen LogP contribution is -2.33. The van der Waals surface area contributed by atoms with Crippen LogP contribution in [0.25, 0.3) is 11.1 Å². The number of aromatic nitrogens is 4. The number of H-pyrrole nitrogens is 1. The van der Waals surface area contributed by atoms with Gasteiger partial charge in [-0.05, 0) is 44.1 Å². The van der Waals surface area contributed by atoms with Crippen molar-refractivity contribution in [2.75, 3.05) is 18.0 Å². The van der Waals surface area contributed by atoms with E-state index in [1.165, 1.54) is 0 Å². The first-order chi connectivity index (χ1) is 11.3. The fourth-order valence-electron chi connectivity index (χ4n) is 3.27. The number of rotatable bonds is 3. The van der Waals surface area contributed by atoms with Crippen molar-refractivity contribution in [3.63, 3.8) is 0 Å². The predicted octanol–water partition coefficient (Wildman–Crippen LogP) is 3.49. The first-order valence-corrected chi connectivity index (χ1v) is 8.42. The minimum absolute atomic E-state index is 0.434. The standard InChI is InChI=1S/C16H19N5OS/c1-2-21-14(18-19-16(21)23)11-7-9-20(10-8-11)15-17-12-5-3-4-6-13(12)22-15/h3-6,11H,2,7-10H2,1H3,(H,19,23). The highest BCUT2D eigenvalue weighted by molar-refractivity contribution is 7.71. The van der Waals surface area contributed by atoms with Crippen LogP contribution in [0.1, 0.15) is 31.5 Å². The Morgan fingerprint density at radius 1 is 1.30 bits per heavy atom. The second-order valence-corrected chi connectivity index (χ2v) is 6.24. The van der Waals surface area contributed by atoms with Crippen LogP contribution in [0, 0.1) is 4.77 Å². The van der Waals surface area contributed by atoms with E-state index in [0.717, 1.165) is 55.4 Å². The van der Waals surface area contributed by atoms with Crippen molar-refractivity contribution in [1.82, 2.24) is 19.7 Å². The van der Waals surface area contributed by atoms with Crippen molar-refractivity contribution in [1.29, 1.82) is 0 Å². The van der Waals surface area contributed by atoms with Gasteiger partial charge in [-0.15, -0.1) is 0 Å². The van der Waals surface area contributed by atoms with Gasteiger partial charge in [0.05, 0.1) is 0 Å². The average molecular weight is 329 g/mol. The van der Waals surface area contributed by atoms with Crippen molar-refractivity contribution < 1.29 is 4.42 Å². The number of nitrogens with one attached hydrogen (secondary N) is 1. The molecule has 1 N–H and O–H groups in total. The molecule has 4 rings (SSSR count). The third-order valence-electron chi connectivity index (χ3n) is 4.52. The first-order valence-electron chi connectivity index (χ1n) is 8.02. The molecule has 0 saturated carbocycles. The smallest absolute Gasteiger partial charge is 0.298 e. The number of hydrogen-bond acceptors (Lipinski definition) is 5. The molecule has 0 spiro atoms. The number of benzene rings is 1. The normalized spacial score (nSPS) is 16.3. The van der Waals surface area contributed by atoms with Gasteiger partial charge >= 0.3 is 0 Å². The summed E-state index contributed by atoms with van der Waals surface area (Å²) in [6.45, 7) is 4.79. The van der Waals surface area contributed by atoms with Crippen molar-refractivity contribution in [3.05, 3.63) is 34.9 Å². The number of piperidine rings is 1. The lowest BCUT2D eigenvalue weighted by molar-refractivity contribution is 0.442. The summed E-state index contributed by atoms with van der Waals surface area (Å²) in [6.07, 6.45) is 2.05. The summed E-state index contributed by atoms with van der Waals surface area (Å²) in [5, 5.41) is 7.35. The quantitative estimate of drug-likeness (QED) is 0.745. The zero-order chi connectivity index (χ0) is 15.8. The lowest BCUT2D eigenvalue weighted by Gasteiger charge is -2.30.